The van der Waals surface area contributed by atoms with E-state index >= 15 is 0 Å². The quantitative estimate of drug-likeness (QED) is 0.124. The van der Waals surface area contributed by atoms with E-state index in [0.29, 0.717) is 12.2 Å². The molecule has 1 aliphatic carbocycles. The van der Waals surface area contributed by atoms with Gasteiger partial charge in [-0.25, -0.2) is 4.79 Å². The van der Waals surface area contributed by atoms with Crippen molar-refractivity contribution in [3.05, 3.63) is 77.9 Å². The minimum absolute atomic E-state index is 0.117. The Morgan fingerprint density at radius 2 is 1.86 bits per heavy atom. The number of ether oxygens (including phenoxy) is 5. The molecule has 5 atom stereocenters. The van der Waals surface area contributed by atoms with Crippen molar-refractivity contribution in [2.75, 3.05) is 11.5 Å². The zero-order valence-electron chi connectivity index (χ0n) is 21.8. The predicted octanol–water partition coefficient (Wildman–Crippen LogP) is 6.51. The molecule has 0 spiro atoms. The van der Waals surface area contributed by atoms with E-state index in [9.17, 15) is 4.79 Å². The fourth-order valence-corrected chi connectivity index (χ4v) is 5.63. The fourth-order valence-electron chi connectivity index (χ4n) is 5.01. The SMILES string of the molecule is COc1ccc(CO[C@@H]2CCCC2/C=C\C(OC(=O)c2ccccc2)C2OC(C)(C)OC2CCI)cc1. The topological polar surface area (TPSA) is 63.2 Å². The van der Waals surface area contributed by atoms with Gasteiger partial charge >= 0.3 is 5.97 Å². The average Bonchev–Trinajstić information content (AvgIpc) is 3.48. The number of benzene rings is 2. The summed E-state index contributed by atoms with van der Waals surface area (Å²) in [5, 5.41) is 0. The van der Waals surface area contributed by atoms with Crippen molar-refractivity contribution in [1.29, 1.82) is 0 Å². The predicted molar refractivity (Wildman–Crippen MR) is 151 cm³/mol. The lowest BCUT2D eigenvalue weighted by Gasteiger charge is -2.25. The second-order valence-electron chi connectivity index (χ2n) is 10.0. The Morgan fingerprint density at radius 3 is 2.57 bits per heavy atom. The maximum Gasteiger partial charge on any atom is 0.338 e. The standard InChI is InChI=1S/C30H37IO6/c1-30(2)36-27(18-19-31)28(37-30)26(35-29(32)23-8-5-4-6-9-23)17-14-22-10-7-11-25(22)34-20-21-12-15-24(33-3)16-13-21/h4-6,8-9,12-17,22,25-28H,7,10-11,18-20H2,1-3H3/b17-14-/t22?,25-,26?,27?,28?/m1/s1. The first-order valence-electron chi connectivity index (χ1n) is 13.0. The lowest BCUT2D eigenvalue weighted by atomic mass is 10.0. The average molecular weight is 621 g/mol. The minimum Gasteiger partial charge on any atom is -0.497 e. The van der Waals surface area contributed by atoms with E-state index in [1.807, 2.05) is 62.4 Å². The van der Waals surface area contributed by atoms with Crippen LogP contribution < -0.4 is 4.74 Å². The van der Waals surface area contributed by atoms with Gasteiger partial charge in [0, 0.05) is 10.3 Å². The Morgan fingerprint density at radius 1 is 1.11 bits per heavy atom. The number of carbonyl (C=O) groups is 1. The van der Waals surface area contributed by atoms with Gasteiger partial charge < -0.3 is 23.7 Å². The summed E-state index contributed by atoms with van der Waals surface area (Å²) in [5.74, 6) is -0.0160. The van der Waals surface area contributed by atoms with E-state index in [0.717, 1.165) is 41.4 Å². The molecule has 0 N–H and O–H groups in total. The molecule has 4 unspecified atom stereocenters. The second kappa shape index (κ2) is 13.2. The van der Waals surface area contributed by atoms with Crippen LogP contribution in [0.4, 0.5) is 0 Å². The molecule has 1 aliphatic heterocycles. The summed E-state index contributed by atoms with van der Waals surface area (Å²) in [6, 6.07) is 17.1. The molecule has 1 saturated carbocycles. The zero-order chi connectivity index (χ0) is 26.3. The third kappa shape index (κ3) is 7.78. The molecule has 0 amide bonds. The Kier molecular flexibility index (Phi) is 10.0. The molecular formula is C30H37IO6. The number of hydrogen-bond donors (Lipinski definition) is 0. The van der Waals surface area contributed by atoms with E-state index in [1.165, 1.54) is 0 Å². The van der Waals surface area contributed by atoms with Crippen molar-refractivity contribution in [2.24, 2.45) is 5.92 Å². The summed E-state index contributed by atoms with van der Waals surface area (Å²) < 4.78 is 31.0. The smallest absolute Gasteiger partial charge is 0.338 e. The highest BCUT2D eigenvalue weighted by Crippen LogP contribution is 2.35. The number of halogens is 1. The highest BCUT2D eigenvalue weighted by Gasteiger charge is 2.45. The van der Waals surface area contributed by atoms with E-state index < -0.39 is 11.9 Å². The van der Waals surface area contributed by atoms with Gasteiger partial charge in [-0.1, -0.05) is 65.4 Å². The highest BCUT2D eigenvalue weighted by molar-refractivity contribution is 14.1. The summed E-state index contributed by atoms with van der Waals surface area (Å²) >= 11 is 2.34. The van der Waals surface area contributed by atoms with Crippen molar-refractivity contribution >= 4 is 28.6 Å². The summed E-state index contributed by atoms with van der Waals surface area (Å²) in [6.07, 6.45) is 7.13. The molecule has 2 fully saturated rings. The molecule has 200 valence electrons. The first kappa shape index (κ1) is 28.1. The molecule has 37 heavy (non-hydrogen) atoms. The first-order chi connectivity index (χ1) is 17.9. The monoisotopic (exact) mass is 620 g/mol. The Balaban J connectivity index is 1.47. The van der Waals surface area contributed by atoms with Crippen LogP contribution in [0.1, 0.15) is 55.5 Å². The highest BCUT2D eigenvalue weighted by atomic mass is 127. The number of hydrogen-bond acceptors (Lipinski definition) is 6. The summed E-state index contributed by atoms with van der Waals surface area (Å²) in [4.78, 5) is 13.0. The zero-order valence-corrected chi connectivity index (χ0v) is 24.0. The summed E-state index contributed by atoms with van der Waals surface area (Å²) in [5.41, 5.74) is 1.64. The van der Waals surface area contributed by atoms with E-state index in [4.69, 9.17) is 23.7 Å². The third-order valence-electron chi connectivity index (χ3n) is 6.87. The van der Waals surface area contributed by atoms with Gasteiger partial charge in [0.05, 0.1) is 31.5 Å². The van der Waals surface area contributed by atoms with Crippen molar-refractivity contribution < 1.29 is 28.5 Å². The minimum atomic E-state index is -0.732. The van der Waals surface area contributed by atoms with Gasteiger partial charge in [0.25, 0.3) is 0 Å². The van der Waals surface area contributed by atoms with Crippen LogP contribution in [0.5, 0.6) is 5.75 Å². The number of methoxy groups -OCH3 is 1. The van der Waals surface area contributed by atoms with Crippen LogP contribution in [0.3, 0.4) is 0 Å². The lowest BCUT2D eigenvalue weighted by Crippen LogP contribution is -2.38. The molecule has 1 saturated heterocycles. The van der Waals surface area contributed by atoms with Gasteiger partial charge in [0.15, 0.2) is 5.79 Å². The molecule has 6 nitrogen and oxygen atoms in total. The molecule has 2 aromatic rings. The van der Waals surface area contributed by atoms with E-state index in [2.05, 4.69) is 28.7 Å². The number of rotatable bonds is 11. The van der Waals surface area contributed by atoms with Gasteiger partial charge in [0.1, 0.15) is 18.0 Å². The lowest BCUT2D eigenvalue weighted by molar-refractivity contribution is -0.153. The maximum atomic E-state index is 13.0. The molecular weight excluding hydrogens is 583 g/mol. The van der Waals surface area contributed by atoms with Crippen molar-refractivity contribution in [3.8, 4) is 5.75 Å². The molecule has 0 aromatic heterocycles. The van der Waals surface area contributed by atoms with Crippen LogP contribution in [0.25, 0.3) is 0 Å². The van der Waals surface area contributed by atoms with Crippen LogP contribution in [-0.4, -0.2) is 47.7 Å². The van der Waals surface area contributed by atoms with Crippen molar-refractivity contribution in [3.63, 3.8) is 0 Å². The number of esters is 1. The third-order valence-corrected chi connectivity index (χ3v) is 7.49. The Hall–Kier alpha value is -1.94. The van der Waals surface area contributed by atoms with Crippen LogP contribution in [0.15, 0.2) is 66.7 Å². The maximum absolute atomic E-state index is 13.0. The van der Waals surface area contributed by atoms with Gasteiger partial charge in [-0.05, 0) is 69.0 Å². The largest absolute Gasteiger partial charge is 0.497 e. The Labute approximate surface area is 233 Å². The summed E-state index contributed by atoms with van der Waals surface area (Å²) in [7, 11) is 1.67. The van der Waals surface area contributed by atoms with Gasteiger partial charge in [-0.15, -0.1) is 0 Å². The normalized spacial score (nSPS) is 25.8. The Bertz CT molecular complexity index is 1020. The molecule has 7 heteroatoms. The van der Waals surface area contributed by atoms with Crippen molar-refractivity contribution in [1.82, 2.24) is 0 Å². The van der Waals surface area contributed by atoms with E-state index in [1.54, 1.807) is 19.2 Å². The molecule has 2 aromatic carbocycles. The molecule has 1 heterocycles. The summed E-state index contributed by atoms with van der Waals surface area (Å²) in [6.45, 7) is 4.37. The van der Waals surface area contributed by atoms with Gasteiger partial charge in [-0.2, -0.15) is 0 Å². The van der Waals surface area contributed by atoms with Crippen LogP contribution >= 0.6 is 22.6 Å². The molecule has 0 bridgehead atoms. The van der Waals surface area contributed by atoms with Crippen LogP contribution in [0.2, 0.25) is 0 Å². The number of alkyl halides is 1. The van der Waals surface area contributed by atoms with E-state index in [-0.39, 0.29) is 30.2 Å². The molecule has 2 aliphatic rings. The van der Waals surface area contributed by atoms with Crippen molar-refractivity contribution in [2.45, 2.75) is 76.3 Å². The fraction of sp³-hybridized carbons (Fsp3) is 0.500. The molecule has 0 radical (unpaired) electrons. The number of carbonyl (C=O) groups excluding carboxylic acids is 1. The van der Waals surface area contributed by atoms with Gasteiger partial charge in [-0.3, -0.25) is 0 Å². The molecule has 4 rings (SSSR count). The van der Waals surface area contributed by atoms with Gasteiger partial charge in [0.2, 0.25) is 0 Å². The van der Waals surface area contributed by atoms with Crippen LogP contribution in [-0.2, 0) is 25.6 Å². The second-order valence-corrected chi connectivity index (χ2v) is 11.1. The first-order valence-corrected chi connectivity index (χ1v) is 14.5. The van der Waals surface area contributed by atoms with Crippen LogP contribution in [0, 0.1) is 5.92 Å².